The molecule has 2 amide bonds. The minimum atomic E-state index is -1.02. The molecule has 0 fully saturated rings. The zero-order chi connectivity index (χ0) is 21.5. The lowest BCUT2D eigenvalue weighted by atomic mass is 10.0. The van der Waals surface area contributed by atoms with E-state index in [1.54, 1.807) is 73.8 Å². The predicted molar refractivity (Wildman–Crippen MR) is 116 cm³/mol. The molecule has 3 N–H and O–H groups in total. The second-order valence-corrected chi connectivity index (χ2v) is 6.86. The number of hydrogen-bond acceptors (Lipinski definition) is 4. The van der Waals surface area contributed by atoms with Crippen molar-refractivity contribution in [3.8, 4) is 5.75 Å². The third-order valence-electron chi connectivity index (χ3n) is 4.38. The van der Waals surface area contributed by atoms with Gasteiger partial charge in [-0.15, -0.1) is 0 Å². The molecule has 0 aliphatic heterocycles. The average molecular weight is 422 g/mol. The molecule has 0 heterocycles. The zero-order valence-electron chi connectivity index (χ0n) is 16.2. The minimum absolute atomic E-state index is 0.0592. The summed E-state index contributed by atoms with van der Waals surface area (Å²) < 4.78 is 5.16. The standard InChI is InChI=1S/C23H20ClN3O3/c1-30-19-12-10-15(11-13-19)20(26-22(28)17-8-5-9-18(24)14-17)23(29)27-21(25)16-6-3-2-4-7-16/h2-14,20H,1H3,(H,26,28)(H2,25,27,29). The minimum Gasteiger partial charge on any atom is -0.497 e. The number of amidine groups is 1. The molecule has 0 aromatic heterocycles. The summed E-state index contributed by atoms with van der Waals surface area (Å²) >= 11 is 5.97. The van der Waals surface area contributed by atoms with Gasteiger partial charge in [-0.2, -0.15) is 0 Å². The maximum absolute atomic E-state index is 13.0. The second kappa shape index (κ2) is 9.71. The third-order valence-corrected chi connectivity index (χ3v) is 4.62. The van der Waals surface area contributed by atoms with Gasteiger partial charge in [-0.1, -0.05) is 60.1 Å². The van der Waals surface area contributed by atoms with E-state index in [0.29, 0.717) is 27.5 Å². The van der Waals surface area contributed by atoms with Gasteiger partial charge in [-0.3, -0.25) is 15.0 Å². The van der Waals surface area contributed by atoms with Crippen molar-refractivity contribution in [3.63, 3.8) is 0 Å². The number of amides is 2. The Morgan fingerprint density at radius 2 is 1.60 bits per heavy atom. The van der Waals surface area contributed by atoms with Crippen LogP contribution in [0.5, 0.6) is 5.75 Å². The second-order valence-electron chi connectivity index (χ2n) is 6.42. The molecule has 0 bridgehead atoms. The highest BCUT2D eigenvalue weighted by atomic mass is 35.5. The highest BCUT2D eigenvalue weighted by Gasteiger charge is 2.24. The van der Waals surface area contributed by atoms with Crippen LogP contribution in [0.4, 0.5) is 0 Å². The van der Waals surface area contributed by atoms with Crippen LogP contribution in [-0.4, -0.2) is 24.8 Å². The smallest absolute Gasteiger partial charge is 0.252 e. The molecule has 0 radical (unpaired) electrons. The van der Waals surface area contributed by atoms with Crippen molar-refractivity contribution in [3.05, 3.63) is 101 Å². The molecule has 0 spiro atoms. The summed E-state index contributed by atoms with van der Waals surface area (Å²) in [5.41, 5.74) is 1.43. The molecule has 3 rings (SSSR count). The fourth-order valence-corrected chi connectivity index (χ4v) is 3.00. The first-order chi connectivity index (χ1) is 14.5. The summed E-state index contributed by atoms with van der Waals surface area (Å²) in [4.78, 5) is 25.7. The fraction of sp³-hybridized carbons (Fsp3) is 0.0870. The van der Waals surface area contributed by atoms with Gasteiger partial charge in [0.1, 0.15) is 17.6 Å². The van der Waals surface area contributed by atoms with Gasteiger partial charge >= 0.3 is 0 Å². The molecule has 0 saturated carbocycles. The molecule has 152 valence electrons. The first-order valence-corrected chi connectivity index (χ1v) is 9.51. The van der Waals surface area contributed by atoms with Crippen LogP contribution >= 0.6 is 11.6 Å². The van der Waals surface area contributed by atoms with E-state index < -0.39 is 17.9 Å². The molecule has 3 aromatic rings. The molecular formula is C23H20ClN3O3. The van der Waals surface area contributed by atoms with Crippen molar-refractivity contribution in [2.75, 3.05) is 7.11 Å². The number of carbonyl (C=O) groups is 2. The number of nitrogens with one attached hydrogen (secondary N) is 3. The molecule has 6 nitrogen and oxygen atoms in total. The van der Waals surface area contributed by atoms with E-state index in [-0.39, 0.29) is 5.84 Å². The maximum atomic E-state index is 13.0. The van der Waals surface area contributed by atoms with Gasteiger partial charge in [0.15, 0.2) is 0 Å². The van der Waals surface area contributed by atoms with E-state index in [1.165, 1.54) is 6.07 Å². The summed E-state index contributed by atoms with van der Waals surface area (Å²) in [6.45, 7) is 0. The van der Waals surface area contributed by atoms with E-state index in [4.69, 9.17) is 21.7 Å². The topological polar surface area (TPSA) is 91.3 Å². The van der Waals surface area contributed by atoms with Gasteiger partial charge in [0.25, 0.3) is 11.8 Å². The lowest BCUT2D eigenvalue weighted by molar-refractivity contribution is -0.121. The molecule has 3 aromatic carbocycles. The molecule has 0 aliphatic carbocycles. The van der Waals surface area contributed by atoms with Crippen LogP contribution in [0.1, 0.15) is 27.5 Å². The number of methoxy groups -OCH3 is 1. The number of ether oxygens (including phenoxy) is 1. The van der Waals surface area contributed by atoms with Crippen LogP contribution < -0.4 is 15.4 Å². The van der Waals surface area contributed by atoms with Gasteiger partial charge in [0.05, 0.1) is 7.11 Å². The van der Waals surface area contributed by atoms with Crippen LogP contribution in [-0.2, 0) is 4.79 Å². The number of benzene rings is 3. The Labute approximate surface area is 179 Å². The van der Waals surface area contributed by atoms with E-state index in [9.17, 15) is 9.59 Å². The largest absolute Gasteiger partial charge is 0.497 e. The summed E-state index contributed by atoms with van der Waals surface area (Å²) in [7, 11) is 1.54. The number of hydrogen-bond donors (Lipinski definition) is 3. The highest BCUT2D eigenvalue weighted by Crippen LogP contribution is 2.19. The van der Waals surface area contributed by atoms with Crippen molar-refractivity contribution < 1.29 is 14.3 Å². The van der Waals surface area contributed by atoms with Crippen LogP contribution in [0.2, 0.25) is 5.02 Å². The molecule has 7 heteroatoms. The Morgan fingerprint density at radius 1 is 0.933 bits per heavy atom. The van der Waals surface area contributed by atoms with Crippen LogP contribution in [0, 0.1) is 5.41 Å². The highest BCUT2D eigenvalue weighted by molar-refractivity contribution is 6.31. The maximum Gasteiger partial charge on any atom is 0.252 e. The quantitative estimate of drug-likeness (QED) is 0.415. The first-order valence-electron chi connectivity index (χ1n) is 9.13. The normalized spacial score (nSPS) is 11.3. The molecule has 30 heavy (non-hydrogen) atoms. The Balaban J connectivity index is 1.85. The van der Waals surface area contributed by atoms with Crippen LogP contribution in [0.3, 0.4) is 0 Å². The third kappa shape index (κ3) is 5.24. The lowest BCUT2D eigenvalue weighted by Crippen LogP contribution is -2.42. The number of halogens is 1. The van der Waals surface area contributed by atoms with E-state index in [1.807, 2.05) is 6.07 Å². The molecule has 0 saturated heterocycles. The Hall–Kier alpha value is -3.64. The Kier molecular flexibility index (Phi) is 6.83. The first kappa shape index (κ1) is 21.1. The van der Waals surface area contributed by atoms with Gasteiger partial charge < -0.3 is 15.4 Å². The van der Waals surface area contributed by atoms with Crippen LogP contribution in [0.25, 0.3) is 0 Å². The summed E-state index contributed by atoms with van der Waals surface area (Å²) in [5.74, 6) is -0.434. The molecule has 1 atom stereocenters. The SMILES string of the molecule is COc1ccc(C(NC(=O)c2cccc(Cl)c2)C(=O)NC(=N)c2ccccc2)cc1. The molecule has 0 aliphatic rings. The predicted octanol–water partition coefficient (Wildman–Crippen LogP) is 3.96. The average Bonchev–Trinajstić information content (AvgIpc) is 2.78. The monoisotopic (exact) mass is 421 g/mol. The summed E-state index contributed by atoms with van der Waals surface area (Å²) in [6.07, 6.45) is 0. The Bertz CT molecular complexity index is 1050. The molecular weight excluding hydrogens is 402 g/mol. The summed E-state index contributed by atoms with van der Waals surface area (Å²) in [5, 5.41) is 13.9. The number of rotatable bonds is 6. The van der Waals surface area contributed by atoms with Gasteiger partial charge in [-0.25, -0.2) is 0 Å². The van der Waals surface area contributed by atoms with Gasteiger partial charge in [0.2, 0.25) is 0 Å². The number of carbonyl (C=O) groups excluding carboxylic acids is 2. The van der Waals surface area contributed by atoms with E-state index in [0.717, 1.165) is 0 Å². The van der Waals surface area contributed by atoms with Crippen molar-refractivity contribution in [2.24, 2.45) is 0 Å². The van der Waals surface area contributed by atoms with Crippen molar-refractivity contribution >= 4 is 29.3 Å². The van der Waals surface area contributed by atoms with Crippen molar-refractivity contribution in [2.45, 2.75) is 6.04 Å². The van der Waals surface area contributed by atoms with Gasteiger partial charge in [-0.05, 0) is 35.9 Å². The van der Waals surface area contributed by atoms with Crippen molar-refractivity contribution in [1.29, 1.82) is 5.41 Å². The van der Waals surface area contributed by atoms with Crippen LogP contribution in [0.15, 0.2) is 78.9 Å². The Morgan fingerprint density at radius 3 is 2.23 bits per heavy atom. The van der Waals surface area contributed by atoms with Gasteiger partial charge in [0, 0.05) is 16.1 Å². The van der Waals surface area contributed by atoms with E-state index >= 15 is 0 Å². The fourth-order valence-electron chi connectivity index (χ4n) is 2.81. The summed E-state index contributed by atoms with van der Waals surface area (Å²) in [6, 6.07) is 21.0. The lowest BCUT2D eigenvalue weighted by Gasteiger charge is -2.20. The van der Waals surface area contributed by atoms with Crippen molar-refractivity contribution in [1.82, 2.24) is 10.6 Å². The molecule has 1 unspecified atom stereocenters. The zero-order valence-corrected chi connectivity index (χ0v) is 16.9. The van der Waals surface area contributed by atoms with E-state index in [2.05, 4.69) is 10.6 Å².